The van der Waals surface area contributed by atoms with Crippen molar-refractivity contribution in [2.45, 2.75) is 32.9 Å². The van der Waals surface area contributed by atoms with Gasteiger partial charge in [-0.1, -0.05) is 18.5 Å². The van der Waals surface area contributed by atoms with Crippen LogP contribution in [0.1, 0.15) is 32.0 Å². The molecular weight excluding hydrogens is 242 g/mol. The number of aromatic nitrogens is 2. The van der Waals surface area contributed by atoms with E-state index in [-0.39, 0.29) is 0 Å². The van der Waals surface area contributed by atoms with E-state index in [2.05, 4.69) is 30.5 Å². The van der Waals surface area contributed by atoms with Crippen LogP contribution in [0.5, 0.6) is 0 Å². The summed E-state index contributed by atoms with van der Waals surface area (Å²) in [6.07, 6.45) is 4.98. The fraction of sp³-hybridized carbons (Fsp3) is 0.727. The summed E-state index contributed by atoms with van der Waals surface area (Å²) in [4.78, 5) is 0. The molecule has 1 N–H and O–H groups in total. The lowest BCUT2D eigenvalue weighted by molar-refractivity contribution is 0.514. The Morgan fingerprint density at radius 3 is 2.88 bits per heavy atom. The average molecular weight is 262 g/mol. The van der Waals surface area contributed by atoms with Crippen molar-refractivity contribution in [3.63, 3.8) is 0 Å². The van der Waals surface area contributed by atoms with Crippen LogP contribution in [0.3, 0.4) is 0 Å². The van der Waals surface area contributed by atoms with Gasteiger partial charge in [0, 0.05) is 12.3 Å². The molecule has 0 aliphatic heterocycles. The fourth-order valence-corrected chi connectivity index (χ4v) is 2.57. The number of aryl methyl sites for hydroxylation is 1. The van der Waals surface area contributed by atoms with E-state index in [4.69, 9.17) is 11.6 Å². The van der Waals surface area contributed by atoms with Crippen molar-refractivity contribution >= 4 is 23.4 Å². The molecule has 0 spiro atoms. The van der Waals surface area contributed by atoms with E-state index in [9.17, 15) is 0 Å². The maximum absolute atomic E-state index is 6.20. The summed E-state index contributed by atoms with van der Waals surface area (Å²) in [7, 11) is 0. The Labute approximate surface area is 107 Å². The minimum Gasteiger partial charge on any atom is -0.308 e. The van der Waals surface area contributed by atoms with Gasteiger partial charge in [0.25, 0.3) is 0 Å². The van der Waals surface area contributed by atoms with Gasteiger partial charge < -0.3 is 5.32 Å². The standard InChI is InChI=1S/C11H20ClN3S/c1-4-6-13-10(8-16-3)11-9(12)7-14-15(11)5-2/h7,10,13H,4-6,8H2,1-3H3. The average Bonchev–Trinajstić information content (AvgIpc) is 2.66. The van der Waals surface area contributed by atoms with Crippen LogP contribution in [0, 0.1) is 0 Å². The van der Waals surface area contributed by atoms with Crippen molar-refractivity contribution in [1.82, 2.24) is 15.1 Å². The lowest BCUT2D eigenvalue weighted by Crippen LogP contribution is -2.26. The SMILES string of the molecule is CCCNC(CSC)c1c(Cl)cnn1CC. The number of hydrogen-bond donors (Lipinski definition) is 1. The molecular formula is C11H20ClN3S. The topological polar surface area (TPSA) is 29.9 Å². The van der Waals surface area contributed by atoms with Gasteiger partial charge in [-0.15, -0.1) is 0 Å². The molecule has 0 radical (unpaired) electrons. The molecule has 1 heterocycles. The van der Waals surface area contributed by atoms with Gasteiger partial charge in [-0.2, -0.15) is 16.9 Å². The number of nitrogens with zero attached hydrogens (tertiary/aromatic N) is 2. The van der Waals surface area contributed by atoms with E-state index >= 15 is 0 Å². The molecule has 0 fully saturated rings. The Hall–Kier alpha value is -0.190. The zero-order valence-electron chi connectivity index (χ0n) is 10.2. The van der Waals surface area contributed by atoms with Crippen molar-refractivity contribution in [2.75, 3.05) is 18.6 Å². The van der Waals surface area contributed by atoms with Gasteiger partial charge in [0.05, 0.1) is 23.0 Å². The first-order valence-electron chi connectivity index (χ1n) is 5.68. The number of thioether (sulfide) groups is 1. The predicted molar refractivity (Wildman–Crippen MR) is 72.3 cm³/mol. The van der Waals surface area contributed by atoms with Crippen molar-refractivity contribution in [1.29, 1.82) is 0 Å². The first-order valence-corrected chi connectivity index (χ1v) is 7.45. The van der Waals surface area contributed by atoms with Crippen LogP contribution in [0.4, 0.5) is 0 Å². The smallest absolute Gasteiger partial charge is 0.0834 e. The van der Waals surface area contributed by atoms with E-state index in [1.165, 1.54) is 0 Å². The van der Waals surface area contributed by atoms with Gasteiger partial charge in [-0.25, -0.2) is 0 Å². The predicted octanol–water partition coefficient (Wildman–Crippen LogP) is 2.96. The van der Waals surface area contributed by atoms with Crippen molar-refractivity contribution in [2.24, 2.45) is 0 Å². The highest BCUT2D eigenvalue weighted by molar-refractivity contribution is 7.98. The quantitative estimate of drug-likeness (QED) is 0.819. The molecule has 0 saturated carbocycles. The van der Waals surface area contributed by atoms with Gasteiger partial charge in [0.1, 0.15) is 0 Å². The van der Waals surface area contributed by atoms with Crippen LogP contribution in [-0.2, 0) is 6.54 Å². The summed E-state index contributed by atoms with van der Waals surface area (Å²) in [5.41, 5.74) is 1.12. The Balaban J connectivity index is 2.85. The second-order valence-electron chi connectivity index (χ2n) is 3.66. The van der Waals surface area contributed by atoms with Gasteiger partial charge in [-0.3, -0.25) is 4.68 Å². The van der Waals surface area contributed by atoms with Crippen molar-refractivity contribution < 1.29 is 0 Å². The monoisotopic (exact) mass is 261 g/mol. The van der Waals surface area contributed by atoms with Crippen LogP contribution in [0.2, 0.25) is 5.02 Å². The van der Waals surface area contributed by atoms with E-state index in [0.29, 0.717) is 6.04 Å². The summed E-state index contributed by atoms with van der Waals surface area (Å²) in [6.45, 7) is 6.13. The number of hydrogen-bond acceptors (Lipinski definition) is 3. The van der Waals surface area contributed by atoms with Crippen molar-refractivity contribution in [3.8, 4) is 0 Å². The lowest BCUT2D eigenvalue weighted by Gasteiger charge is -2.19. The summed E-state index contributed by atoms with van der Waals surface area (Å²) < 4.78 is 1.98. The normalized spacial score (nSPS) is 13.0. The largest absolute Gasteiger partial charge is 0.308 e. The Morgan fingerprint density at radius 2 is 2.31 bits per heavy atom. The maximum Gasteiger partial charge on any atom is 0.0834 e. The molecule has 1 atom stereocenters. The fourth-order valence-electron chi connectivity index (χ4n) is 1.69. The minimum atomic E-state index is 0.296. The zero-order chi connectivity index (χ0) is 12.0. The molecule has 3 nitrogen and oxygen atoms in total. The summed E-state index contributed by atoms with van der Waals surface area (Å²) in [5, 5.41) is 8.57. The molecule has 1 aromatic heterocycles. The number of rotatable bonds is 7. The summed E-state index contributed by atoms with van der Waals surface area (Å²) in [5.74, 6) is 1.02. The molecule has 1 aromatic rings. The van der Waals surface area contributed by atoms with Gasteiger partial charge in [0.15, 0.2) is 0 Å². The molecule has 1 rings (SSSR count). The van der Waals surface area contributed by atoms with E-state index in [1.54, 1.807) is 6.20 Å². The Bertz CT molecular complexity index is 314. The third-order valence-electron chi connectivity index (χ3n) is 2.44. The van der Waals surface area contributed by atoms with Crippen LogP contribution >= 0.6 is 23.4 Å². The molecule has 0 aliphatic carbocycles. The van der Waals surface area contributed by atoms with Crippen molar-refractivity contribution in [3.05, 3.63) is 16.9 Å². The summed E-state index contributed by atoms with van der Waals surface area (Å²) >= 11 is 8.02. The minimum absolute atomic E-state index is 0.296. The highest BCUT2D eigenvalue weighted by Crippen LogP contribution is 2.25. The van der Waals surface area contributed by atoms with Crippen LogP contribution in [0.15, 0.2) is 6.20 Å². The van der Waals surface area contributed by atoms with Gasteiger partial charge >= 0.3 is 0 Å². The lowest BCUT2D eigenvalue weighted by atomic mass is 10.2. The second kappa shape index (κ2) is 7.20. The summed E-state index contributed by atoms with van der Waals surface area (Å²) in [6, 6.07) is 0.296. The van der Waals surface area contributed by atoms with Gasteiger partial charge in [0.2, 0.25) is 0 Å². The van der Waals surface area contributed by atoms with E-state index in [1.807, 2.05) is 16.4 Å². The molecule has 0 saturated heterocycles. The van der Waals surface area contributed by atoms with Gasteiger partial charge in [-0.05, 0) is 26.1 Å². The third kappa shape index (κ3) is 3.40. The third-order valence-corrected chi connectivity index (χ3v) is 3.39. The molecule has 1 unspecified atom stereocenters. The second-order valence-corrected chi connectivity index (χ2v) is 4.97. The van der Waals surface area contributed by atoms with E-state index in [0.717, 1.165) is 36.0 Å². The maximum atomic E-state index is 6.20. The van der Waals surface area contributed by atoms with E-state index < -0.39 is 0 Å². The first-order chi connectivity index (χ1) is 7.74. The number of nitrogens with one attached hydrogen (secondary N) is 1. The highest BCUT2D eigenvalue weighted by Gasteiger charge is 2.18. The van der Waals surface area contributed by atoms with Crippen LogP contribution < -0.4 is 5.32 Å². The van der Waals surface area contributed by atoms with Crippen LogP contribution in [0.25, 0.3) is 0 Å². The molecule has 0 aliphatic rings. The zero-order valence-corrected chi connectivity index (χ0v) is 11.7. The van der Waals surface area contributed by atoms with Crippen LogP contribution in [-0.4, -0.2) is 28.3 Å². The molecule has 16 heavy (non-hydrogen) atoms. The molecule has 5 heteroatoms. The Morgan fingerprint density at radius 1 is 1.56 bits per heavy atom. The molecule has 0 amide bonds. The highest BCUT2D eigenvalue weighted by atomic mass is 35.5. The number of halogens is 1. The Kier molecular flexibility index (Phi) is 6.24. The first kappa shape index (κ1) is 13.9. The molecule has 0 aromatic carbocycles. The molecule has 92 valence electrons. The molecule has 0 bridgehead atoms.